The van der Waals surface area contributed by atoms with Gasteiger partial charge < -0.3 is 10.8 Å². The molecule has 1 rings (SSSR count). The molecule has 0 spiro atoms. The summed E-state index contributed by atoms with van der Waals surface area (Å²) in [5.74, 6) is -1.14. The summed E-state index contributed by atoms with van der Waals surface area (Å²) in [5.41, 5.74) is 4.59. The number of nitro benzene ring substituents is 1. The Hall–Kier alpha value is -1.95. The minimum Gasteiger partial charge on any atom is -0.480 e. The van der Waals surface area contributed by atoms with Crippen LogP contribution in [0.5, 0.6) is 0 Å². The van der Waals surface area contributed by atoms with Gasteiger partial charge in [-0.05, 0) is 12.5 Å². The Morgan fingerprint density at radius 3 is 2.75 bits per heavy atom. The molecule has 0 bridgehead atoms. The Bertz CT molecular complexity index is 429. The molecule has 6 heteroatoms. The van der Waals surface area contributed by atoms with Crippen LogP contribution in [0.3, 0.4) is 0 Å². The van der Waals surface area contributed by atoms with Crippen LogP contribution in [-0.2, 0) is 11.2 Å². The van der Waals surface area contributed by atoms with Crippen molar-refractivity contribution in [1.82, 2.24) is 0 Å². The van der Waals surface area contributed by atoms with Crippen LogP contribution in [0.2, 0.25) is 0 Å². The Morgan fingerprint density at radius 1 is 1.62 bits per heavy atom. The van der Waals surface area contributed by atoms with Gasteiger partial charge >= 0.3 is 5.97 Å². The van der Waals surface area contributed by atoms with E-state index in [0.29, 0.717) is 5.56 Å². The lowest BCUT2D eigenvalue weighted by Crippen LogP contribution is -2.46. The third-order valence-electron chi connectivity index (χ3n) is 2.18. The minimum atomic E-state index is -1.42. The van der Waals surface area contributed by atoms with E-state index in [-0.39, 0.29) is 12.1 Å². The highest BCUT2D eigenvalue weighted by atomic mass is 16.6. The van der Waals surface area contributed by atoms with Crippen LogP contribution in [0.25, 0.3) is 0 Å². The van der Waals surface area contributed by atoms with Crippen molar-refractivity contribution >= 4 is 11.7 Å². The number of hydrogen-bond donors (Lipinski definition) is 2. The molecule has 0 aromatic heterocycles. The van der Waals surface area contributed by atoms with Gasteiger partial charge in [0.15, 0.2) is 0 Å². The molecule has 0 saturated carbocycles. The van der Waals surface area contributed by atoms with Crippen LogP contribution < -0.4 is 5.73 Å². The highest BCUT2D eigenvalue weighted by molar-refractivity contribution is 5.78. The Labute approximate surface area is 91.8 Å². The average molecular weight is 224 g/mol. The predicted octanol–water partition coefficient (Wildman–Crippen LogP) is 0.939. The molecule has 16 heavy (non-hydrogen) atoms. The van der Waals surface area contributed by atoms with Gasteiger partial charge in [-0.25, -0.2) is 0 Å². The van der Waals surface area contributed by atoms with Gasteiger partial charge in [0, 0.05) is 18.6 Å². The zero-order valence-corrected chi connectivity index (χ0v) is 8.71. The Kier molecular flexibility index (Phi) is 3.24. The van der Waals surface area contributed by atoms with E-state index in [1.54, 1.807) is 6.07 Å². The van der Waals surface area contributed by atoms with E-state index in [1.807, 2.05) is 0 Å². The first-order valence-electron chi connectivity index (χ1n) is 4.58. The second-order valence-electron chi connectivity index (χ2n) is 3.83. The number of carboxylic acid groups (broad SMARTS) is 1. The Balaban J connectivity index is 2.94. The lowest BCUT2D eigenvalue weighted by atomic mass is 9.94. The number of nitro groups is 1. The smallest absolute Gasteiger partial charge is 0.323 e. The third-order valence-corrected chi connectivity index (χ3v) is 2.18. The molecule has 86 valence electrons. The van der Waals surface area contributed by atoms with Crippen molar-refractivity contribution < 1.29 is 14.8 Å². The van der Waals surface area contributed by atoms with E-state index in [0.717, 1.165) is 0 Å². The van der Waals surface area contributed by atoms with Gasteiger partial charge in [0.05, 0.1) is 4.92 Å². The van der Waals surface area contributed by atoms with Crippen molar-refractivity contribution in [3.8, 4) is 0 Å². The van der Waals surface area contributed by atoms with Crippen molar-refractivity contribution in [1.29, 1.82) is 0 Å². The number of benzene rings is 1. The normalized spacial score (nSPS) is 14.1. The molecule has 0 aliphatic carbocycles. The zero-order valence-electron chi connectivity index (χ0n) is 8.71. The molecule has 0 aliphatic heterocycles. The molecule has 0 unspecified atom stereocenters. The van der Waals surface area contributed by atoms with Crippen LogP contribution in [0.4, 0.5) is 5.69 Å². The zero-order chi connectivity index (χ0) is 12.3. The van der Waals surface area contributed by atoms with Crippen molar-refractivity contribution in [3.63, 3.8) is 0 Å². The van der Waals surface area contributed by atoms with Gasteiger partial charge in [-0.2, -0.15) is 0 Å². The van der Waals surface area contributed by atoms with Gasteiger partial charge in [-0.3, -0.25) is 14.9 Å². The van der Waals surface area contributed by atoms with Gasteiger partial charge in [-0.1, -0.05) is 12.1 Å². The molecule has 1 aromatic rings. The monoisotopic (exact) mass is 224 g/mol. The number of carbonyl (C=O) groups is 1. The fourth-order valence-electron chi connectivity index (χ4n) is 1.28. The van der Waals surface area contributed by atoms with E-state index in [2.05, 4.69) is 0 Å². The lowest BCUT2D eigenvalue weighted by molar-refractivity contribution is -0.384. The van der Waals surface area contributed by atoms with Crippen molar-refractivity contribution in [2.24, 2.45) is 5.73 Å². The molecular weight excluding hydrogens is 212 g/mol. The number of rotatable bonds is 4. The fraction of sp³-hybridized carbons (Fsp3) is 0.300. The van der Waals surface area contributed by atoms with Crippen molar-refractivity contribution in [3.05, 3.63) is 39.9 Å². The van der Waals surface area contributed by atoms with Crippen molar-refractivity contribution in [2.45, 2.75) is 18.9 Å². The molecular formula is C10H12N2O4. The number of nitrogens with two attached hydrogens (primary N) is 1. The second kappa shape index (κ2) is 4.28. The number of hydrogen-bond acceptors (Lipinski definition) is 4. The molecule has 0 aliphatic rings. The maximum atomic E-state index is 10.8. The highest BCUT2D eigenvalue weighted by Crippen LogP contribution is 2.17. The van der Waals surface area contributed by atoms with E-state index in [9.17, 15) is 14.9 Å². The SMILES string of the molecule is C[C@@](N)(Cc1cccc([N+](=O)[O-])c1)C(=O)O. The molecule has 6 nitrogen and oxygen atoms in total. The summed E-state index contributed by atoms with van der Waals surface area (Å²) in [6, 6.07) is 5.79. The summed E-state index contributed by atoms with van der Waals surface area (Å²) in [6.45, 7) is 1.37. The molecule has 0 fully saturated rings. The maximum absolute atomic E-state index is 10.8. The summed E-state index contributed by atoms with van der Waals surface area (Å²) in [7, 11) is 0. The van der Waals surface area contributed by atoms with E-state index in [1.165, 1.54) is 25.1 Å². The maximum Gasteiger partial charge on any atom is 0.323 e. The van der Waals surface area contributed by atoms with E-state index in [4.69, 9.17) is 10.8 Å². The van der Waals surface area contributed by atoms with Crippen LogP contribution in [0.1, 0.15) is 12.5 Å². The van der Waals surface area contributed by atoms with Crippen LogP contribution in [-0.4, -0.2) is 21.5 Å². The van der Waals surface area contributed by atoms with E-state index < -0.39 is 16.4 Å². The van der Waals surface area contributed by atoms with Gasteiger partial charge in [0.2, 0.25) is 0 Å². The summed E-state index contributed by atoms with van der Waals surface area (Å²) in [4.78, 5) is 20.8. The summed E-state index contributed by atoms with van der Waals surface area (Å²) in [6.07, 6.45) is 0.0456. The van der Waals surface area contributed by atoms with Gasteiger partial charge in [-0.15, -0.1) is 0 Å². The molecule has 0 heterocycles. The van der Waals surface area contributed by atoms with Gasteiger partial charge in [0.1, 0.15) is 5.54 Å². The highest BCUT2D eigenvalue weighted by Gasteiger charge is 2.28. The average Bonchev–Trinajstić information content (AvgIpc) is 2.17. The van der Waals surface area contributed by atoms with Gasteiger partial charge in [0.25, 0.3) is 5.69 Å². The van der Waals surface area contributed by atoms with Crippen LogP contribution in [0, 0.1) is 10.1 Å². The predicted molar refractivity (Wildman–Crippen MR) is 57.0 cm³/mol. The molecule has 0 amide bonds. The molecule has 3 N–H and O–H groups in total. The topological polar surface area (TPSA) is 106 Å². The Morgan fingerprint density at radius 2 is 2.25 bits per heavy atom. The second-order valence-corrected chi connectivity index (χ2v) is 3.83. The number of carboxylic acids is 1. The molecule has 1 aromatic carbocycles. The minimum absolute atomic E-state index is 0.0456. The first-order chi connectivity index (χ1) is 7.33. The number of nitrogens with zero attached hydrogens (tertiary/aromatic N) is 1. The summed E-state index contributed by atoms with van der Waals surface area (Å²) >= 11 is 0. The molecule has 1 atom stereocenters. The number of non-ortho nitro benzene ring substituents is 1. The third kappa shape index (κ3) is 2.77. The summed E-state index contributed by atoms with van der Waals surface area (Å²) < 4.78 is 0. The molecule has 0 saturated heterocycles. The lowest BCUT2D eigenvalue weighted by Gasteiger charge is -2.18. The van der Waals surface area contributed by atoms with Crippen molar-refractivity contribution in [2.75, 3.05) is 0 Å². The standard InChI is InChI=1S/C10H12N2O4/c1-10(11,9(13)14)6-7-3-2-4-8(5-7)12(15)16/h2-5H,6,11H2,1H3,(H,13,14)/t10-/m1/s1. The van der Waals surface area contributed by atoms with E-state index >= 15 is 0 Å². The fourth-order valence-corrected chi connectivity index (χ4v) is 1.28. The largest absolute Gasteiger partial charge is 0.480 e. The first kappa shape index (κ1) is 12.1. The summed E-state index contributed by atoms with van der Waals surface area (Å²) in [5, 5.41) is 19.3. The van der Waals surface area contributed by atoms with Crippen LogP contribution in [0.15, 0.2) is 24.3 Å². The van der Waals surface area contributed by atoms with Crippen LogP contribution >= 0.6 is 0 Å². The number of aliphatic carboxylic acids is 1. The molecule has 0 radical (unpaired) electrons. The quantitative estimate of drug-likeness (QED) is 0.584. The first-order valence-corrected chi connectivity index (χ1v) is 4.58.